The van der Waals surface area contributed by atoms with Crippen molar-refractivity contribution in [1.29, 1.82) is 5.26 Å². The number of aliphatic hydroxyl groups is 2. The summed E-state index contributed by atoms with van der Waals surface area (Å²) in [5.41, 5.74) is 6.10. The van der Waals surface area contributed by atoms with Gasteiger partial charge in [0.25, 0.3) is 0 Å². The molecule has 2 atom stereocenters. The summed E-state index contributed by atoms with van der Waals surface area (Å²) in [5, 5.41) is 27.9. The Morgan fingerprint density at radius 2 is 2.19 bits per heavy atom. The molecule has 4 N–H and O–H groups in total. The van der Waals surface area contributed by atoms with Crippen molar-refractivity contribution >= 4 is 0 Å². The van der Waals surface area contributed by atoms with Gasteiger partial charge in [-0.15, -0.1) is 0 Å². The zero-order valence-corrected chi connectivity index (χ0v) is 8.92. The van der Waals surface area contributed by atoms with Crippen molar-refractivity contribution in [2.24, 2.45) is 5.73 Å². The van der Waals surface area contributed by atoms with E-state index in [0.29, 0.717) is 16.9 Å². The average molecular weight is 222 g/mol. The molecule has 0 aromatic heterocycles. The van der Waals surface area contributed by atoms with Crippen LogP contribution in [-0.2, 0) is 0 Å². The molecule has 0 spiro atoms. The van der Waals surface area contributed by atoms with E-state index in [0.717, 1.165) is 0 Å². The first-order valence-electron chi connectivity index (χ1n) is 4.78. The van der Waals surface area contributed by atoms with Crippen LogP contribution in [0.3, 0.4) is 0 Å². The standard InChI is InChI=1S/C11H14N2O3/c1-16-10-4-7(5-12)2-3-8(10)11(15)9(14)6-13/h2-4,9,11,14-15H,6,13H2,1H3. The van der Waals surface area contributed by atoms with Crippen molar-refractivity contribution < 1.29 is 14.9 Å². The summed E-state index contributed by atoms with van der Waals surface area (Å²) in [7, 11) is 1.43. The third kappa shape index (κ3) is 2.49. The van der Waals surface area contributed by atoms with E-state index < -0.39 is 12.2 Å². The van der Waals surface area contributed by atoms with E-state index in [4.69, 9.17) is 15.7 Å². The van der Waals surface area contributed by atoms with Crippen LogP contribution in [-0.4, -0.2) is 30.0 Å². The molecule has 5 heteroatoms. The van der Waals surface area contributed by atoms with Gasteiger partial charge in [0.15, 0.2) is 0 Å². The molecule has 0 fully saturated rings. The third-order valence-corrected chi connectivity index (χ3v) is 2.29. The van der Waals surface area contributed by atoms with E-state index in [2.05, 4.69) is 0 Å². The topological polar surface area (TPSA) is 99.5 Å². The molecular weight excluding hydrogens is 208 g/mol. The summed E-state index contributed by atoms with van der Waals surface area (Å²) in [4.78, 5) is 0. The average Bonchev–Trinajstić information content (AvgIpc) is 2.35. The number of ether oxygens (including phenoxy) is 1. The molecule has 86 valence electrons. The molecule has 1 rings (SSSR count). The summed E-state index contributed by atoms with van der Waals surface area (Å²) >= 11 is 0. The molecule has 0 aliphatic carbocycles. The molecule has 0 saturated heterocycles. The number of methoxy groups -OCH3 is 1. The lowest BCUT2D eigenvalue weighted by molar-refractivity contribution is 0.0229. The van der Waals surface area contributed by atoms with Gasteiger partial charge in [0.05, 0.1) is 24.8 Å². The predicted octanol–water partition coefficient (Wildman–Crippen LogP) is -0.0801. The second kappa shape index (κ2) is 5.47. The number of hydrogen-bond acceptors (Lipinski definition) is 5. The lowest BCUT2D eigenvalue weighted by Crippen LogP contribution is -2.27. The van der Waals surface area contributed by atoms with E-state index in [1.807, 2.05) is 6.07 Å². The smallest absolute Gasteiger partial charge is 0.126 e. The number of nitrogens with zero attached hydrogens (tertiary/aromatic N) is 1. The van der Waals surface area contributed by atoms with Crippen LogP contribution >= 0.6 is 0 Å². The number of hydrogen-bond donors (Lipinski definition) is 3. The molecule has 0 bridgehead atoms. The molecule has 0 amide bonds. The Hall–Kier alpha value is -1.61. The van der Waals surface area contributed by atoms with Gasteiger partial charge in [-0.05, 0) is 12.1 Å². The molecule has 0 heterocycles. The van der Waals surface area contributed by atoms with Gasteiger partial charge in [-0.3, -0.25) is 0 Å². The third-order valence-electron chi connectivity index (χ3n) is 2.29. The van der Waals surface area contributed by atoms with Gasteiger partial charge in [-0.2, -0.15) is 5.26 Å². The maximum atomic E-state index is 9.77. The Balaban J connectivity index is 3.09. The number of nitriles is 1. The van der Waals surface area contributed by atoms with Crippen molar-refractivity contribution in [3.05, 3.63) is 29.3 Å². The Morgan fingerprint density at radius 3 is 2.69 bits per heavy atom. The van der Waals surface area contributed by atoms with Crippen molar-refractivity contribution in [3.63, 3.8) is 0 Å². The van der Waals surface area contributed by atoms with Crippen LogP contribution in [0.15, 0.2) is 18.2 Å². The minimum absolute atomic E-state index is 0.0513. The number of nitrogens with two attached hydrogens (primary N) is 1. The highest BCUT2D eigenvalue weighted by atomic mass is 16.5. The van der Waals surface area contributed by atoms with E-state index in [1.165, 1.54) is 13.2 Å². The monoisotopic (exact) mass is 222 g/mol. The van der Waals surface area contributed by atoms with Gasteiger partial charge in [-0.1, -0.05) is 6.07 Å². The zero-order chi connectivity index (χ0) is 12.1. The van der Waals surface area contributed by atoms with Crippen LogP contribution in [0.5, 0.6) is 5.75 Å². The molecule has 5 nitrogen and oxygen atoms in total. The summed E-state index contributed by atoms with van der Waals surface area (Å²) in [6.45, 7) is -0.0513. The Morgan fingerprint density at radius 1 is 1.50 bits per heavy atom. The van der Waals surface area contributed by atoms with E-state index in [-0.39, 0.29) is 6.54 Å². The fraction of sp³-hybridized carbons (Fsp3) is 0.364. The van der Waals surface area contributed by atoms with Crippen LogP contribution in [0.2, 0.25) is 0 Å². The normalized spacial score (nSPS) is 13.9. The summed E-state index contributed by atoms with van der Waals surface area (Å²) in [6.07, 6.45) is -2.17. The molecule has 0 aliphatic heterocycles. The summed E-state index contributed by atoms with van der Waals surface area (Å²) < 4.78 is 5.04. The molecule has 16 heavy (non-hydrogen) atoms. The molecular formula is C11H14N2O3. The second-order valence-corrected chi connectivity index (χ2v) is 3.32. The molecule has 0 saturated carbocycles. The van der Waals surface area contributed by atoms with Crippen LogP contribution in [0.25, 0.3) is 0 Å². The van der Waals surface area contributed by atoms with Crippen molar-refractivity contribution in [2.45, 2.75) is 12.2 Å². The van der Waals surface area contributed by atoms with Gasteiger partial charge in [-0.25, -0.2) is 0 Å². The van der Waals surface area contributed by atoms with Gasteiger partial charge in [0.2, 0.25) is 0 Å². The van der Waals surface area contributed by atoms with Crippen LogP contribution in [0.4, 0.5) is 0 Å². The SMILES string of the molecule is COc1cc(C#N)ccc1C(O)C(O)CN. The lowest BCUT2D eigenvalue weighted by Gasteiger charge is -2.18. The number of rotatable bonds is 4. The molecule has 0 radical (unpaired) electrons. The summed E-state index contributed by atoms with van der Waals surface area (Å²) in [5.74, 6) is 0.360. The highest BCUT2D eigenvalue weighted by Gasteiger charge is 2.20. The Kier molecular flexibility index (Phi) is 4.26. The van der Waals surface area contributed by atoms with Gasteiger partial charge in [0.1, 0.15) is 11.9 Å². The Bertz CT molecular complexity index is 401. The van der Waals surface area contributed by atoms with Gasteiger partial charge in [0, 0.05) is 12.1 Å². The quantitative estimate of drug-likeness (QED) is 0.661. The maximum absolute atomic E-state index is 9.77. The van der Waals surface area contributed by atoms with Crippen molar-refractivity contribution in [1.82, 2.24) is 0 Å². The van der Waals surface area contributed by atoms with E-state index in [1.54, 1.807) is 12.1 Å². The minimum atomic E-state index is -1.12. The highest BCUT2D eigenvalue weighted by Crippen LogP contribution is 2.28. The predicted molar refractivity (Wildman–Crippen MR) is 57.7 cm³/mol. The fourth-order valence-electron chi connectivity index (χ4n) is 1.36. The van der Waals surface area contributed by atoms with Crippen molar-refractivity contribution in [3.8, 4) is 11.8 Å². The molecule has 2 unspecified atom stereocenters. The number of aliphatic hydroxyl groups excluding tert-OH is 2. The minimum Gasteiger partial charge on any atom is -0.496 e. The summed E-state index contributed by atoms with van der Waals surface area (Å²) in [6, 6.07) is 6.55. The maximum Gasteiger partial charge on any atom is 0.126 e. The van der Waals surface area contributed by atoms with Crippen molar-refractivity contribution in [2.75, 3.05) is 13.7 Å². The molecule has 1 aromatic rings. The first kappa shape index (κ1) is 12.5. The second-order valence-electron chi connectivity index (χ2n) is 3.32. The van der Waals surface area contributed by atoms with Gasteiger partial charge >= 0.3 is 0 Å². The van der Waals surface area contributed by atoms with Crippen LogP contribution < -0.4 is 10.5 Å². The van der Waals surface area contributed by atoms with Gasteiger partial charge < -0.3 is 20.7 Å². The largest absolute Gasteiger partial charge is 0.496 e. The number of benzene rings is 1. The first-order valence-corrected chi connectivity index (χ1v) is 4.78. The molecule has 0 aliphatic rings. The van der Waals surface area contributed by atoms with E-state index in [9.17, 15) is 10.2 Å². The highest BCUT2D eigenvalue weighted by molar-refractivity contribution is 5.43. The van der Waals surface area contributed by atoms with E-state index >= 15 is 0 Å². The zero-order valence-electron chi connectivity index (χ0n) is 8.92. The molecule has 1 aromatic carbocycles. The first-order chi connectivity index (χ1) is 7.63. The lowest BCUT2D eigenvalue weighted by atomic mass is 10.0. The Labute approximate surface area is 93.7 Å². The fourth-order valence-corrected chi connectivity index (χ4v) is 1.36. The van der Waals surface area contributed by atoms with Crippen LogP contribution in [0.1, 0.15) is 17.2 Å². The van der Waals surface area contributed by atoms with Crippen LogP contribution in [0, 0.1) is 11.3 Å².